The van der Waals surface area contributed by atoms with Crippen LogP contribution in [0.15, 0.2) is 24.3 Å². The van der Waals surface area contributed by atoms with Crippen molar-refractivity contribution in [2.45, 2.75) is 51.7 Å². The molecule has 0 spiro atoms. The number of hydrogen-bond acceptors (Lipinski definition) is 3. The Labute approximate surface area is 127 Å². The number of amides is 1. The van der Waals surface area contributed by atoms with Crippen molar-refractivity contribution in [2.75, 3.05) is 6.54 Å². The van der Waals surface area contributed by atoms with Crippen molar-refractivity contribution >= 4 is 5.91 Å². The maximum atomic E-state index is 12.3. The van der Waals surface area contributed by atoms with Crippen molar-refractivity contribution in [1.82, 2.24) is 5.32 Å². The van der Waals surface area contributed by atoms with Crippen molar-refractivity contribution < 1.29 is 9.53 Å². The molecule has 1 saturated carbocycles. The molecule has 3 unspecified atom stereocenters. The zero-order chi connectivity index (χ0) is 15.2. The van der Waals surface area contributed by atoms with E-state index in [0.717, 1.165) is 30.6 Å². The second kappa shape index (κ2) is 7.46. The monoisotopic (exact) mass is 290 g/mol. The van der Waals surface area contributed by atoms with Gasteiger partial charge in [0.1, 0.15) is 5.75 Å². The molecule has 3 N–H and O–H groups in total. The van der Waals surface area contributed by atoms with Gasteiger partial charge in [-0.05, 0) is 56.8 Å². The lowest BCUT2D eigenvalue weighted by Crippen LogP contribution is -2.48. The van der Waals surface area contributed by atoms with E-state index in [4.69, 9.17) is 10.5 Å². The van der Waals surface area contributed by atoms with Gasteiger partial charge in [0, 0.05) is 6.04 Å². The van der Waals surface area contributed by atoms with Gasteiger partial charge in [-0.2, -0.15) is 0 Å². The molecular weight excluding hydrogens is 264 g/mol. The van der Waals surface area contributed by atoms with Gasteiger partial charge in [0.15, 0.2) is 6.10 Å². The molecule has 1 aliphatic rings. The van der Waals surface area contributed by atoms with E-state index in [2.05, 4.69) is 5.32 Å². The number of nitrogens with two attached hydrogens (primary N) is 1. The molecule has 1 aliphatic carbocycles. The zero-order valence-electron chi connectivity index (χ0n) is 13.0. The van der Waals surface area contributed by atoms with E-state index in [1.165, 1.54) is 6.42 Å². The lowest BCUT2D eigenvalue weighted by Gasteiger charge is -2.32. The quantitative estimate of drug-likeness (QED) is 0.875. The molecular formula is C17H26N2O2. The first kappa shape index (κ1) is 15.8. The largest absolute Gasteiger partial charge is 0.481 e. The SMILES string of the molecule is Cc1cccc(OC(C)C(=O)NC2CCCCC2CN)c1. The fourth-order valence-electron chi connectivity index (χ4n) is 2.93. The van der Waals surface area contributed by atoms with Gasteiger partial charge in [0.25, 0.3) is 5.91 Å². The van der Waals surface area contributed by atoms with Gasteiger partial charge in [0.05, 0.1) is 0 Å². The van der Waals surface area contributed by atoms with E-state index in [9.17, 15) is 4.79 Å². The lowest BCUT2D eigenvalue weighted by molar-refractivity contribution is -0.128. The molecule has 0 aromatic heterocycles. The van der Waals surface area contributed by atoms with E-state index >= 15 is 0 Å². The number of carbonyl (C=O) groups is 1. The van der Waals surface area contributed by atoms with E-state index in [1.54, 1.807) is 6.92 Å². The van der Waals surface area contributed by atoms with Crippen LogP contribution in [-0.2, 0) is 4.79 Å². The van der Waals surface area contributed by atoms with Crippen molar-refractivity contribution in [1.29, 1.82) is 0 Å². The minimum atomic E-state index is -0.493. The molecule has 0 bridgehead atoms. The molecule has 0 heterocycles. The summed E-state index contributed by atoms with van der Waals surface area (Å²) in [5.74, 6) is 1.08. The topological polar surface area (TPSA) is 64.3 Å². The van der Waals surface area contributed by atoms with Crippen LogP contribution in [0.1, 0.15) is 38.2 Å². The summed E-state index contributed by atoms with van der Waals surface area (Å²) in [7, 11) is 0. The Morgan fingerprint density at radius 3 is 2.90 bits per heavy atom. The second-order valence-electron chi connectivity index (χ2n) is 5.97. The molecule has 0 saturated heterocycles. The van der Waals surface area contributed by atoms with Crippen LogP contribution in [0.2, 0.25) is 0 Å². The van der Waals surface area contributed by atoms with Crippen LogP contribution in [0.3, 0.4) is 0 Å². The summed E-state index contributed by atoms with van der Waals surface area (Å²) in [6.07, 6.45) is 4.00. The highest BCUT2D eigenvalue weighted by Gasteiger charge is 2.27. The highest BCUT2D eigenvalue weighted by Crippen LogP contribution is 2.23. The summed E-state index contributed by atoms with van der Waals surface area (Å²) in [4.78, 5) is 12.3. The number of ether oxygens (including phenoxy) is 1. The van der Waals surface area contributed by atoms with Crippen LogP contribution in [0, 0.1) is 12.8 Å². The molecule has 3 atom stereocenters. The number of hydrogen-bond donors (Lipinski definition) is 2. The first-order valence-corrected chi connectivity index (χ1v) is 7.84. The molecule has 1 aromatic rings. The van der Waals surface area contributed by atoms with Gasteiger partial charge < -0.3 is 15.8 Å². The summed E-state index contributed by atoms with van der Waals surface area (Å²) in [6.45, 7) is 4.43. The van der Waals surface area contributed by atoms with Gasteiger partial charge in [-0.3, -0.25) is 4.79 Å². The predicted octanol–water partition coefficient (Wildman–Crippen LogP) is 2.40. The van der Waals surface area contributed by atoms with Gasteiger partial charge in [0.2, 0.25) is 0 Å². The van der Waals surface area contributed by atoms with Crippen LogP contribution < -0.4 is 15.8 Å². The molecule has 1 amide bonds. The molecule has 2 rings (SSSR count). The van der Waals surface area contributed by atoms with Gasteiger partial charge in [-0.1, -0.05) is 25.0 Å². The molecule has 0 aliphatic heterocycles. The van der Waals surface area contributed by atoms with Crippen LogP contribution in [0.5, 0.6) is 5.75 Å². The maximum absolute atomic E-state index is 12.3. The van der Waals surface area contributed by atoms with E-state index in [-0.39, 0.29) is 11.9 Å². The number of rotatable bonds is 5. The summed E-state index contributed by atoms with van der Waals surface area (Å²) in [5, 5.41) is 3.11. The molecule has 1 fully saturated rings. The fourth-order valence-corrected chi connectivity index (χ4v) is 2.93. The Hall–Kier alpha value is -1.55. The minimum absolute atomic E-state index is 0.0538. The van der Waals surface area contributed by atoms with Crippen LogP contribution in [0.4, 0.5) is 0 Å². The number of benzene rings is 1. The number of aryl methyl sites for hydroxylation is 1. The Kier molecular flexibility index (Phi) is 5.62. The molecule has 0 radical (unpaired) electrons. The number of nitrogens with one attached hydrogen (secondary N) is 1. The summed E-state index contributed by atoms with van der Waals surface area (Å²) in [5.41, 5.74) is 6.92. The smallest absolute Gasteiger partial charge is 0.261 e. The third-order valence-electron chi connectivity index (χ3n) is 4.21. The molecule has 4 heteroatoms. The fraction of sp³-hybridized carbons (Fsp3) is 0.588. The third kappa shape index (κ3) is 4.46. The second-order valence-corrected chi connectivity index (χ2v) is 5.97. The van der Waals surface area contributed by atoms with Gasteiger partial charge in [-0.15, -0.1) is 0 Å². The van der Waals surface area contributed by atoms with Gasteiger partial charge in [-0.25, -0.2) is 0 Å². The zero-order valence-corrected chi connectivity index (χ0v) is 13.0. The standard InChI is InChI=1S/C17H26N2O2/c1-12-6-5-8-15(10-12)21-13(2)17(20)19-16-9-4-3-7-14(16)11-18/h5-6,8,10,13-14,16H,3-4,7,9,11,18H2,1-2H3,(H,19,20). The van der Waals surface area contributed by atoms with E-state index in [1.807, 2.05) is 31.2 Å². The Morgan fingerprint density at radius 1 is 1.43 bits per heavy atom. The molecule has 116 valence electrons. The van der Waals surface area contributed by atoms with Crippen molar-refractivity contribution in [2.24, 2.45) is 11.7 Å². The highest BCUT2D eigenvalue weighted by atomic mass is 16.5. The van der Waals surface area contributed by atoms with Crippen molar-refractivity contribution in [3.63, 3.8) is 0 Å². The summed E-state index contributed by atoms with van der Waals surface area (Å²) in [6, 6.07) is 7.94. The molecule has 21 heavy (non-hydrogen) atoms. The van der Waals surface area contributed by atoms with Crippen LogP contribution in [0.25, 0.3) is 0 Å². The average molecular weight is 290 g/mol. The van der Waals surface area contributed by atoms with Crippen LogP contribution in [-0.4, -0.2) is 24.6 Å². The number of carbonyl (C=O) groups excluding carboxylic acids is 1. The first-order chi connectivity index (χ1) is 10.1. The third-order valence-corrected chi connectivity index (χ3v) is 4.21. The van der Waals surface area contributed by atoms with Crippen molar-refractivity contribution in [3.05, 3.63) is 29.8 Å². The first-order valence-electron chi connectivity index (χ1n) is 7.84. The average Bonchev–Trinajstić information content (AvgIpc) is 2.47. The normalized spacial score (nSPS) is 23.4. The van der Waals surface area contributed by atoms with Gasteiger partial charge >= 0.3 is 0 Å². The Bertz CT molecular complexity index is 476. The summed E-state index contributed by atoms with van der Waals surface area (Å²) >= 11 is 0. The minimum Gasteiger partial charge on any atom is -0.481 e. The Morgan fingerprint density at radius 2 is 2.19 bits per heavy atom. The van der Waals surface area contributed by atoms with Crippen molar-refractivity contribution in [3.8, 4) is 5.75 Å². The maximum Gasteiger partial charge on any atom is 0.261 e. The van der Waals surface area contributed by atoms with E-state index in [0.29, 0.717) is 12.5 Å². The Balaban J connectivity index is 1.90. The molecule has 1 aromatic carbocycles. The highest BCUT2D eigenvalue weighted by molar-refractivity contribution is 5.81. The van der Waals surface area contributed by atoms with E-state index < -0.39 is 6.10 Å². The molecule has 4 nitrogen and oxygen atoms in total. The summed E-state index contributed by atoms with van der Waals surface area (Å²) < 4.78 is 5.72. The predicted molar refractivity (Wildman–Crippen MR) is 84.2 cm³/mol. The van der Waals surface area contributed by atoms with Crippen LogP contribution >= 0.6 is 0 Å². The lowest BCUT2D eigenvalue weighted by atomic mass is 9.84.